The van der Waals surface area contributed by atoms with Crippen LogP contribution < -0.4 is 0 Å². The van der Waals surface area contributed by atoms with E-state index in [1.165, 1.54) is 12.1 Å². The van der Waals surface area contributed by atoms with Crippen molar-refractivity contribution in [1.82, 2.24) is 4.90 Å². The fraction of sp³-hybridized carbons (Fsp3) is 0.611. The SMILES string of the molecule is [2H][C@]1(CCCC)CN2CCc3cc(C(F)(F)F)ccc3[C@H]2CC1=O. The molecule has 5 heteroatoms. The number of halogens is 3. The Morgan fingerprint density at radius 3 is 2.87 bits per heavy atom. The summed E-state index contributed by atoms with van der Waals surface area (Å²) < 4.78 is 47.2. The number of unbranched alkanes of at least 4 members (excludes halogenated alkanes) is 1. The van der Waals surface area contributed by atoms with Crippen molar-refractivity contribution in [2.45, 2.75) is 51.2 Å². The number of ketones is 1. The highest BCUT2D eigenvalue weighted by molar-refractivity contribution is 5.83. The molecule has 2 heterocycles. The Balaban J connectivity index is 1.86. The van der Waals surface area contributed by atoms with Crippen molar-refractivity contribution in [2.75, 3.05) is 13.1 Å². The fourth-order valence-electron chi connectivity index (χ4n) is 3.63. The molecule has 23 heavy (non-hydrogen) atoms. The summed E-state index contributed by atoms with van der Waals surface area (Å²) in [5.41, 5.74) is 0.875. The number of nitrogens with zero attached hydrogens (tertiary/aromatic N) is 1. The van der Waals surface area contributed by atoms with Gasteiger partial charge in [0.25, 0.3) is 0 Å². The van der Waals surface area contributed by atoms with Crippen LogP contribution in [-0.4, -0.2) is 23.8 Å². The third kappa shape index (κ3) is 3.30. The lowest BCUT2D eigenvalue weighted by Gasteiger charge is -2.43. The smallest absolute Gasteiger partial charge is 0.299 e. The zero-order valence-electron chi connectivity index (χ0n) is 14.2. The van der Waals surface area contributed by atoms with E-state index in [0.717, 1.165) is 24.5 Å². The minimum absolute atomic E-state index is 0.0788. The molecular weight excluding hydrogens is 303 g/mol. The van der Waals surface area contributed by atoms with Crippen molar-refractivity contribution in [3.05, 3.63) is 34.9 Å². The van der Waals surface area contributed by atoms with E-state index in [2.05, 4.69) is 4.90 Å². The second-order valence-corrected chi connectivity index (χ2v) is 6.48. The number of carbonyl (C=O) groups is 1. The van der Waals surface area contributed by atoms with Gasteiger partial charge in [-0.2, -0.15) is 13.2 Å². The van der Waals surface area contributed by atoms with E-state index in [-0.39, 0.29) is 18.2 Å². The molecule has 0 unspecified atom stereocenters. The molecule has 0 aliphatic carbocycles. The van der Waals surface area contributed by atoms with Crippen molar-refractivity contribution < 1.29 is 19.3 Å². The zero-order chi connectivity index (χ0) is 17.5. The maximum atomic E-state index is 12.9. The molecule has 1 fully saturated rings. The molecule has 2 nitrogen and oxygen atoms in total. The number of rotatable bonds is 3. The maximum Gasteiger partial charge on any atom is 0.416 e. The molecule has 0 radical (unpaired) electrons. The van der Waals surface area contributed by atoms with Gasteiger partial charge in [-0.05, 0) is 36.1 Å². The first-order valence-electron chi connectivity index (χ1n) is 8.72. The van der Waals surface area contributed by atoms with Crippen LogP contribution in [0.2, 0.25) is 0 Å². The summed E-state index contributed by atoms with van der Waals surface area (Å²) >= 11 is 0. The standard InChI is InChI=1S/C18H22F3NO/c1-2-3-4-13-11-22-8-7-12-9-14(18(19,20)21)5-6-15(12)16(22)10-17(13)23/h5-6,9,13,16H,2-4,7-8,10-11H2,1H3/t13-,16+/m0/s1/i13D. The van der Waals surface area contributed by atoms with Gasteiger partial charge in [-0.1, -0.05) is 25.8 Å². The van der Waals surface area contributed by atoms with Gasteiger partial charge < -0.3 is 0 Å². The van der Waals surface area contributed by atoms with Crippen molar-refractivity contribution in [1.29, 1.82) is 0 Å². The van der Waals surface area contributed by atoms with E-state index < -0.39 is 17.6 Å². The van der Waals surface area contributed by atoms with Crippen LogP contribution in [-0.2, 0) is 17.4 Å². The average molecular weight is 326 g/mol. The molecule has 1 aromatic carbocycles. The Kier molecular flexibility index (Phi) is 4.14. The predicted octanol–water partition coefficient (Wildman–Crippen LogP) is 4.38. The van der Waals surface area contributed by atoms with E-state index >= 15 is 0 Å². The molecule has 2 aliphatic heterocycles. The average Bonchev–Trinajstić information content (AvgIpc) is 2.53. The van der Waals surface area contributed by atoms with E-state index in [1.54, 1.807) is 0 Å². The Morgan fingerprint density at radius 1 is 1.39 bits per heavy atom. The molecule has 0 bridgehead atoms. The number of carbonyl (C=O) groups excluding carboxylic acids is 1. The largest absolute Gasteiger partial charge is 0.416 e. The van der Waals surface area contributed by atoms with Crippen LogP contribution in [0.5, 0.6) is 0 Å². The molecule has 0 spiro atoms. The van der Waals surface area contributed by atoms with Crippen LogP contribution in [0.25, 0.3) is 0 Å². The van der Waals surface area contributed by atoms with Gasteiger partial charge in [0.05, 0.1) is 5.56 Å². The Hall–Kier alpha value is -1.36. The molecule has 2 aliphatic rings. The third-order valence-electron chi connectivity index (χ3n) is 4.94. The minimum atomic E-state index is -4.34. The Labute approximate surface area is 136 Å². The van der Waals surface area contributed by atoms with E-state index in [1.807, 2.05) is 6.92 Å². The third-order valence-corrected chi connectivity index (χ3v) is 4.94. The first kappa shape index (κ1) is 15.2. The lowest BCUT2D eigenvalue weighted by Crippen LogP contribution is -2.46. The predicted molar refractivity (Wildman–Crippen MR) is 82.1 cm³/mol. The van der Waals surface area contributed by atoms with E-state index in [0.29, 0.717) is 31.5 Å². The molecule has 0 saturated carbocycles. The Morgan fingerprint density at radius 2 is 2.17 bits per heavy atom. The molecule has 0 amide bonds. The lowest BCUT2D eigenvalue weighted by atomic mass is 9.81. The lowest BCUT2D eigenvalue weighted by molar-refractivity contribution is -0.137. The van der Waals surface area contributed by atoms with E-state index in [9.17, 15) is 18.0 Å². The van der Waals surface area contributed by atoms with Gasteiger partial charge in [-0.25, -0.2) is 0 Å². The van der Waals surface area contributed by atoms with Crippen LogP contribution in [0.3, 0.4) is 0 Å². The summed E-state index contributed by atoms with van der Waals surface area (Å²) in [5, 5.41) is 0. The monoisotopic (exact) mass is 326 g/mol. The molecule has 126 valence electrons. The molecule has 0 aromatic heterocycles. The first-order chi connectivity index (χ1) is 11.2. The number of hydrogen-bond donors (Lipinski definition) is 0. The highest BCUT2D eigenvalue weighted by Crippen LogP contribution is 2.40. The summed E-state index contributed by atoms with van der Waals surface area (Å²) in [5.74, 6) is -1.14. The second-order valence-electron chi connectivity index (χ2n) is 6.48. The van der Waals surface area contributed by atoms with Crippen LogP contribution in [0.1, 0.15) is 56.7 Å². The number of Topliss-reactive ketones (excluding diaryl/α,β-unsaturated/α-hetero) is 1. The summed E-state index contributed by atoms with van der Waals surface area (Å²) in [6, 6.07) is 3.66. The molecule has 1 saturated heterocycles. The van der Waals surface area contributed by atoms with Crippen LogP contribution in [0.4, 0.5) is 13.2 Å². The minimum Gasteiger partial charge on any atom is -0.299 e. The maximum absolute atomic E-state index is 12.9. The fourth-order valence-corrected chi connectivity index (χ4v) is 3.63. The quantitative estimate of drug-likeness (QED) is 0.821. The summed E-state index contributed by atoms with van der Waals surface area (Å²) in [6.07, 6.45) is -1.23. The van der Waals surface area contributed by atoms with Gasteiger partial charge in [-0.3, -0.25) is 9.69 Å². The van der Waals surface area contributed by atoms with Crippen molar-refractivity contribution in [3.63, 3.8) is 0 Å². The van der Waals surface area contributed by atoms with Crippen LogP contribution >= 0.6 is 0 Å². The van der Waals surface area contributed by atoms with Gasteiger partial charge in [0.15, 0.2) is 0 Å². The molecule has 3 rings (SSSR count). The number of fused-ring (bicyclic) bond motifs is 3. The molecule has 2 atom stereocenters. The first-order valence-corrected chi connectivity index (χ1v) is 8.22. The van der Waals surface area contributed by atoms with Gasteiger partial charge >= 0.3 is 6.18 Å². The molecule has 0 N–H and O–H groups in total. The van der Waals surface area contributed by atoms with Gasteiger partial charge in [0, 0.05) is 32.8 Å². The number of benzene rings is 1. The topological polar surface area (TPSA) is 20.3 Å². The summed E-state index contributed by atoms with van der Waals surface area (Å²) in [7, 11) is 0. The summed E-state index contributed by atoms with van der Waals surface area (Å²) in [4.78, 5) is 14.6. The second kappa shape index (κ2) is 6.27. The van der Waals surface area contributed by atoms with Crippen molar-refractivity contribution in [2.24, 2.45) is 5.89 Å². The summed E-state index contributed by atoms with van der Waals surface area (Å²) in [6.45, 7) is 3.03. The number of piperidine rings is 1. The van der Waals surface area contributed by atoms with Crippen LogP contribution in [0.15, 0.2) is 18.2 Å². The Bertz CT molecular complexity index is 646. The normalized spacial score (nSPS) is 29.0. The van der Waals surface area contributed by atoms with Gasteiger partial charge in [-0.15, -0.1) is 0 Å². The molecular formula is C18H22F3NO. The molecule has 1 aromatic rings. The van der Waals surface area contributed by atoms with Gasteiger partial charge in [0.2, 0.25) is 0 Å². The van der Waals surface area contributed by atoms with Gasteiger partial charge in [0.1, 0.15) is 5.78 Å². The zero-order valence-corrected chi connectivity index (χ0v) is 13.2. The van der Waals surface area contributed by atoms with E-state index in [4.69, 9.17) is 1.37 Å². The number of alkyl halides is 3. The van der Waals surface area contributed by atoms with Crippen LogP contribution in [0, 0.1) is 5.89 Å². The number of hydrogen-bond acceptors (Lipinski definition) is 2. The highest BCUT2D eigenvalue weighted by atomic mass is 19.4. The highest BCUT2D eigenvalue weighted by Gasteiger charge is 2.39. The van der Waals surface area contributed by atoms with Crippen molar-refractivity contribution in [3.8, 4) is 0 Å². The van der Waals surface area contributed by atoms with Crippen molar-refractivity contribution >= 4 is 5.78 Å².